The fraction of sp³-hybridized carbons (Fsp3) is 0.286. The molecule has 0 aliphatic rings. The summed E-state index contributed by atoms with van der Waals surface area (Å²) in [5.74, 6) is 3.21. The second kappa shape index (κ2) is 11.1. The van der Waals surface area contributed by atoms with Crippen molar-refractivity contribution >= 4 is 15.9 Å². The molecule has 0 spiro atoms. The highest BCUT2D eigenvalue weighted by Crippen LogP contribution is 2.17. The number of rotatable bonds is 11. The van der Waals surface area contributed by atoms with Crippen LogP contribution in [0.2, 0.25) is 0 Å². The van der Waals surface area contributed by atoms with E-state index in [0.717, 1.165) is 10.1 Å². The fourth-order valence-electron chi connectivity index (χ4n) is 2.44. The van der Waals surface area contributed by atoms with Gasteiger partial charge in [-0.25, -0.2) is 8.42 Å². The highest BCUT2D eigenvalue weighted by molar-refractivity contribution is 7.89. The lowest BCUT2D eigenvalue weighted by molar-refractivity contribution is -0.121. The first kappa shape index (κ1) is 22.3. The van der Waals surface area contributed by atoms with Gasteiger partial charge < -0.3 is 14.8 Å². The molecule has 7 nitrogen and oxygen atoms in total. The van der Waals surface area contributed by atoms with Crippen molar-refractivity contribution in [1.82, 2.24) is 9.62 Å². The Hall–Kier alpha value is -3.02. The topological polar surface area (TPSA) is 84.9 Å². The zero-order chi connectivity index (χ0) is 21.1. The van der Waals surface area contributed by atoms with E-state index < -0.39 is 15.9 Å². The van der Waals surface area contributed by atoms with Crippen molar-refractivity contribution in [3.63, 3.8) is 0 Å². The van der Waals surface area contributed by atoms with Crippen molar-refractivity contribution in [3.05, 3.63) is 54.6 Å². The van der Waals surface area contributed by atoms with Crippen LogP contribution in [0, 0.1) is 12.3 Å². The molecule has 1 amide bonds. The summed E-state index contributed by atoms with van der Waals surface area (Å²) in [7, 11) is -3.85. The molecule has 2 rings (SSSR count). The lowest BCUT2D eigenvalue weighted by atomic mass is 10.3. The maximum absolute atomic E-state index is 12.7. The van der Waals surface area contributed by atoms with E-state index in [-0.39, 0.29) is 31.1 Å². The first-order valence-corrected chi connectivity index (χ1v) is 10.5. The van der Waals surface area contributed by atoms with Gasteiger partial charge in [-0.1, -0.05) is 24.1 Å². The van der Waals surface area contributed by atoms with Crippen LogP contribution in [0.3, 0.4) is 0 Å². The molecule has 0 aliphatic carbocycles. The predicted molar refractivity (Wildman–Crippen MR) is 110 cm³/mol. The van der Waals surface area contributed by atoms with Gasteiger partial charge in [-0.2, -0.15) is 4.31 Å². The maximum Gasteiger partial charge on any atom is 0.244 e. The molecule has 0 atom stereocenters. The predicted octanol–water partition coefficient (Wildman–Crippen LogP) is 1.90. The Kier molecular flexibility index (Phi) is 8.52. The van der Waals surface area contributed by atoms with Gasteiger partial charge in [-0.15, -0.1) is 6.42 Å². The molecule has 8 heteroatoms. The van der Waals surface area contributed by atoms with Gasteiger partial charge in [-0.05, 0) is 43.3 Å². The Balaban J connectivity index is 1.84. The number of hydrogen-bond donors (Lipinski definition) is 1. The SMILES string of the molecule is C#CCN(CC(=O)NCCOc1ccc(OCC)cc1)S(=O)(=O)c1ccccc1. The summed E-state index contributed by atoms with van der Waals surface area (Å²) in [5.41, 5.74) is 0. The summed E-state index contributed by atoms with van der Waals surface area (Å²) in [5, 5.41) is 2.63. The van der Waals surface area contributed by atoms with Gasteiger partial charge in [0.25, 0.3) is 0 Å². The molecule has 2 aromatic carbocycles. The zero-order valence-corrected chi connectivity index (χ0v) is 17.0. The number of amides is 1. The molecular weight excluding hydrogens is 392 g/mol. The van der Waals surface area contributed by atoms with Crippen LogP contribution in [0.5, 0.6) is 11.5 Å². The number of carbonyl (C=O) groups excluding carboxylic acids is 1. The molecule has 0 aromatic heterocycles. The van der Waals surface area contributed by atoms with Crippen molar-refractivity contribution in [2.45, 2.75) is 11.8 Å². The van der Waals surface area contributed by atoms with Gasteiger partial charge in [-0.3, -0.25) is 4.79 Å². The number of hydrogen-bond acceptors (Lipinski definition) is 5. The number of benzene rings is 2. The quantitative estimate of drug-likeness (QED) is 0.447. The van der Waals surface area contributed by atoms with Gasteiger partial charge in [0.1, 0.15) is 18.1 Å². The Morgan fingerprint density at radius 2 is 1.69 bits per heavy atom. The van der Waals surface area contributed by atoms with Gasteiger partial charge in [0.2, 0.25) is 15.9 Å². The first-order valence-electron chi connectivity index (χ1n) is 9.08. The first-order chi connectivity index (χ1) is 14.0. The Morgan fingerprint density at radius 1 is 1.07 bits per heavy atom. The maximum atomic E-state index is 12.7. The third-order valence-electron chi connectivity index (χ3n) is 3.80. The average molecular weight is 416 g/mol. The van der Waals surface area contributed by atoms with Gasteiger partial charge in [0.15, 0.2) is 0 Å². The normalized spacial score (nSPS) is 10.9. The van der Waals surface area contributed by atoms with Crippen LogP contribution in [0.25, 0.3) is 0 Å². The van der Waals surface area contributed by atoms with E-state index in [4.69, 9.17) is 15.9 Å². The summed E-state index contributed by atoms with van der Waals surface area (Å²) >= 11 is 0. The third kappa shape index (κ3) is 6.82. The van der Waals surface area contributed by atoms with Gasteiger partial charge >= 0.3 is 0 Å². The number of terminal acetylenes is 1. The van der Waals surface area contributed by atoms with E-state index in [1.807, 2.05) is 6.92 Å². The summed E-state index contributed by atoms with van der Waals surface area (Å²) < 4.78 is 37.2. The molecule has 0 fully saturated rings. The number of ether oxygens (including phenoxy) is 2. The number of sulfonamides is 1. The Morgan fingerprint density at radius 3 is 2.28 bits per heavy atom. The molecule has 0 aliphatic heterocycles. The van der Waals surface area contributed by atoms with E-state index in [0.29, 0.717) is 12.4 Å². The molecule has 0 heterocycles. The van der Waals surface area contributed by atoms with E-state index in [9.17, 15) is 13.2 Å². The lowest BCUT2D eigenvalue weighted by Gasteiger charge is -2.19. The minimum Gasteiger partial charge on any atom is -0.494 e. The van der Waals surface area contributed by atoms with E-state index in [1.54, 1.807) is 42.5 Å². The number of nitrogens with zero attached hydrogens (tertiary/aromatic N) is 1. The van der Waals surface area contributed by atoms with Crippen LogP contribution in [0.15, 0.2) is 59.5 Å². The molecule has 0 radical (unpaired) electrons. The van der Waals surface area contributed by atoms with Crippen molar-refractivity contribution in [1.29, 1.82) is 0 Å². The van der Waals surface area contributed by atoms with Crippen LogP contribution in [-0.2, 0) is 14.8 Å². The largest absolute Gasteiger partial charge is 0.494 e. The smallest absolute Gasteiger partial charge is 0.244 e. The van der Waals surface area contributed by atoms with E-state index in [1.165, 1.54) is 12.1 Å². The number of carbonyl (C=O) groups is 1. The summed E-state index contributed by atoms with van der Waals surface area (Å²) in [4.78, 5) is 12.3. The highest BCUT2D eigenvalue weighted by atomic mass is 32.2. The van der Waals surface area contributed by atoms with Gasteiger partial charge in [0, 0.05) is 0 Å². The third-order valence-corrected chi connectivity index (χ3v) is 5.60. The van der Waals surface area contributed by atoms with Crippen LogP contribution in [-0.4, -0.2) is 51.5 Å². The lowest BCUT2D eigenvalue weighted by Crippen LogP contribution is -2.41. The van der Waals surface area contributed by atoms with Crippen LogP contribution in [0.4, 0.5) is 0 Å². The monoisotopic (exact) mass is 416 g/mol. The molecule has 0 bridgehead atoms. The van der Waals surface area contributed by atoms with E-state index in [2.05, 4.69) is 11.2 Å². The van der Waals surface area contributed by atoms with Crippen molar-refractivity contribution in [2.24, 2.45) is 0 Å². The van der Waals surface area contributed by atoms with Crippen LogP contribution >= 0.6 is 0 Å². The Labute approximate surface area is 171 Å². The fourth-order valence-corrected chi connectivity index (χ4v) is 3.77. The standard InChI is InChI=1S/C21H24N2O5S/c1-3-15-23(29(25,26)20-8-6-5-7-9-20)17-21(24)22-14-16-28-19-12-10-18(11-13-19)27-4-2/h1,5-13H,4,14-17H2,2H3,(H,22,24). The molecule has 0 unspecified atom stereocenters. The summed E-state index contributed by atoms with van der Waals surface area (Å²) in [6.45, 7) is 2.38. The summed E-state index contributed by atoms with van der Waals surface area (Å²) in [6, 6.07) is 15.0. The number of nitrogens with one attached hydrogen (secondary N) is 1. The zero-order valence-electron chi connectivity index (χ0n) is 16.2. The van der Waals surface area contributed by atoms with Crippen LogP contribution < -0.4 is 14.8 Å². The second-order valence-corrected chi connectivity index (χ2v) is 7.83. The molecule has 29 heavy (non-hydrogen) atoms. The van der Waals surface area contributed by atoms with Crippen molar-refractivity contribution in [3.8, 4) is 23.8 Å². The average Bonchev–Trinajstić information content (AvgIpc) is 2.73. The minimum atomic E-state index is -3.85. The molecule has 0 saturated carbocycles. The highest BCUT2D eigenvalue weighted by Gasteiger charge is 2.25. The molecule has 2 aromatic rings. The minimum absolute atomic E-state index is 0.0851. The van der Waals surface area contributed by atoms with E-state index >= 15 is 0 Å². The summed E-state index contributed by atoms with van der Waals surface area (Å²) in [6.07, 6.45) is 5.28. The second-order valence-electron chi connectivity index (χ2n) is 5.89. The van der Waals surface area contributed by atoms with Crippen molar-refractivity contribution < 1.29 is 22.7 Å². The van der Waals surface area contributed by atoms with Crippen molar-refractivity contribution in [2.75, 3.05) is 32.8 Å². The molecule has 1 N–H and O–H groups in total. The van der Waals surface area contributed by atoms with Crippen LogP contribution in [0.1, 0.15) is 6.92 Å². The Bertz CT molecular complexity index is 922. The molecular formula is C21H24N2O5S. The van der Waals surface area contributed by atoms with Gasteiger partial charge in [0.05, 0.1) is 31.1 Å². The molecule has 0 saturated heterocycles. The molecule has 154 valence electrons.